The molecule has 3 fully saturated rings. The highest BCUT2D eigenvalue weighted by molar-refractivity contribution is 5.94. The van der Waals surface area contributed by atoms with Crippen LogP contribution in [0.3, 0.4) is 0 Å². The van der Waals surface area contributed by atoms with Crippen LogP contribution in [0.1, 0.15) is 111 Å². The van der Waals surface area contributed by atoms with Crippen LogP contribution in [0, 0.1) is 40.9 Å². The van der Waals surface area contributed by atoms with Crippen LogP contribution in [-0.4, -0.2) is 69.7 Å². The largest absolute Gasteiger partial charge is 0.504 e. The number of ketones is 1. The molecule has 10 nitrogen and oxygen atoms in total. The zero-order valence-corrected chi connectivity index (χ0v) is 35.0. The molecule has 0 radical (unpaired) electrons. The smallest absolute Gasteiger partial charge is 0.318 e. The molecule has 320 valence electrons. The third kappa shape index (κ3) is 8.03. The van der Waals surface area contributed by atoms with Crippen LogP contribution in [0.2, 0.25) is 0 Å². The minimum Gasteiger partial charge on any atom is -0.504 e. The fourth-order valence-corrected chi connectivity index (χ4v) is 12.3. The van der Waals surface area contributed by atoms with Crippen molar-refractivity contribution < 1.29 is 44.2 Å². The van der Waals surface area contributed by atoms with Crippen molar-refractivity contribution in [3.63, 3.8) is 0 Å². The van der Waals surface area contributed by atoms with Crippen LogP contribution < -0.4 is 9.47 Å². The molecule has 7 unspecified atom stereocenters. The number of allylic oxidation sites excluding steroid dienone is 1. The van der Waals surface area contributed by atoms with Crippen molar-refractivity contribution in [3.05, 3.63) is 88.6 Å². The van der Waals surface area contributed by atoms with Crippen molar-refractivity contribution in [2.75, 3.05) is 20.3 Å². The standard InChI is InChI=1S/C51H57NO9/c1-59-46-28-39-38(27-45(46)57)41-23-31-29-51(18-6-7-19-51)42-26-32(54)14-16-37(42)49(31)40(39)25-33(55)24-34(15-12-30-13-17-44(56)47(22-30)60-21-20-53)61-48(58)11-5-3-9-36-35-8-2-4-10-43(35)52-50(36)41/h2,4,8,10,13,17,22-23,27-28,31-32,34,37,40,42,49,52-54,56-57H,6-7,9,11-12,14-16,18-21,24-26,29H2,1H3. The van der Waals surface area contributed by atoms with E-state index < -0.39 is 12.1 Å². The van der Waals surface area contributed by atoms with Crippen LogP contribution in [0.25, 0.3) is 16.5 Å². The summed E-state index contributed by atoms with van der Waals surface area (Å²) in [5, 5.41) is 43.4. The molecule has 2 heterocycles. The molecule has 0 saturated heterocycles. The Kier molecular flexibility index (Phi) is 11.6. The number of fused-ring (bicyclic) bond motifs is 9. The van der Waals surface area contributed by atoms with Crippen molar-refractivity contribution in [3.8, 4) is 34.8 Å². The Morgan fingerprint density at radius 3 is 2.59 bits per heavy atom. The molecule has 7 atom stereocenters. The molecule has 5 N–H and O–H groups in total. The summed E-state index contributed by atoms with van der Waals surface area (Å²) in [5.74, 6) is 7.05. The number of hydrogen-bond donors (Lipinski definition) is 5. The van der Waals surface area contributed by atoms with E-state index >= 15 is 0 Å². The number of hydrogen-bond acceptors (Lipinski definition) is 9. The maximum Gasteiger partial charge on any atom is 0.318 e. The highest BCUT2D eigenvalue weighted by Crippen LogP contribution is 2.66. The molecule has 1 aromatic heterocycles. The van der Waals surface area contributed by atoms with Gasteiger partial charge in [-0.1, -0.05) is 55.0 Å². The summed E-state index contributed by atoms with van der Waals surface area (Å²) in [6.45, 7) is -0.162. The van der Waals surface area contributed by atoms with Crippen LogP contribution in [0.5, 0.6) is 23.0 Å². The van der Waals surface area contributed by atoms with E-state index in [1.54, 1.807) is 25.3 Å². The third-order valence-corrected chi connectivity index (χ3v) is 14.8. The van der Waals surface area contributed by atoms with Crippen molar-refractivity contribution in [1.82, 2.24) is 4.98 Å². The van der Waals surface area contributed by atoms with Crippen molar-refractivity contribution in [2.45, 2.75) is 108 Å². The molecular weight excluding hydrogens is 771 g/mol. The van der Waals surface area contributed by atoms with Gasteiger partial charge in [0.25, 0.3) is 0 Å². The number of aliphatic hydroxyl groups excluding tert-OH is 2. The number of phenols is 2. The number of aromatic amines is 1. The predicted octanol–water partition coefficient (Wildman–Crippen LogP) is 8.30. The summed E-state index contributed by atoms with van der Waals surface area (Å²) in [5.41, 5.74) is 6.70. The molecule has 4 aromatic rings. The monoisotopic (exact) mass is 827 g/mol. The molecule has 4 aliphatic carbocycles. The lowest BCUT2D eigenvalue weighted by Gasteiger charge is -2.57. The van der Waals surface area contributed by atoms with Gasteiger partial charge in [0, 0.05) is 35.7 Å². The maximum atomic E-state index is 14.9. The molecule has 0 amide bonds. The molecule has 1 aliphatic heterocycles. The Morgan fingerprint density at radius 2 is 1.77 bits per heavy atom. The van der Waals surface area contributed by atoms with E-state index in [4.69, 9.17) is 14.2 Å². The minimum absolute atomic E-state index is 0.0151. The van der Waals surface area contributed by atoms with E-state index in [1.807, 2.05) is 24.3 Å². The number of para-hydroxylation sites is 1. The SMILES string of the molecule is COc1cc2c(cc1O)C1=CC3CC4(CCCC4)C4CC(O)CCC4C3C2CC(=O)CC(CCc2ccc(O)c(OCCO)c2)OC(=O)CC#CCc2c1[nH]c1ccccc21. The van der Waals surface area contributed by atoms with Gasteiger partial charge in [0.15, 0.2) is 23.0 Å². The number of aliphatic hydroxyl groups is 2. The number of cyclic esters (lactones) is 1. The van der Waals surface area contributed by atoms with Gasteiger partial charge in [-0.3, -0.25) is 9.59 Å². The molecule has 5 aliphatic rings. The Hall–Kier alpha value is -5.24. The Balaban J connectivity index is 1.18. The fraction of sp³-hybridized carbons (Fsp3) is 0.490. The predicted molar refractivity (Wildman–Crippen MR) is 231 cm³/mol. The number of ether oxygens (including phenoxy) is 3. The first-order valence-corrected chi connectivity index (χ1v) is 22.3. The summed E-state index contributed by atoms with van der Waals surface area (Å²) in [4.78, 5) is 32.1. The second-order valence-corrected chi connectivity index (χ2v) is 18.3. The number of carbonyl (C=O) groups excluding carboxylic acids is 2. The number of benzene rings is 3. The summed E-state index contributed by atoms with van der Waals surface area (Å²) < 4.78 is 17.5. The van der Waals surface area contributed by atoms with E-state index in [9.17, 15) is 30.0 Å². The number of aromatic hydroxyl groups is 2. The molecule has 10 heteroatoms. The van der Waals surface area contributed by atoms with E-state index in [-0.39, 0.29) is 90.7 Å². The first-order chi connectivity index (χ1) is 29.6. The average Bonchev–Trinajstić information content (AvgIpc) is 3.85. The molecule has 9 rings (SSSR count). The molecule has 2 bridgehead atoms. The average molecular weight is 828 g/mol. The Labute approximate surface area is 357 Å². The van der Waals surface area contributed by atoms with Gasteiger partial charge >= 0.3 is 5.97 Å². The number of aromatic nitrogens is 1. The lowest BCUT2D eigenvalue weighted by Crippen LogP contribution is -2.51. The van der Waals surface area contributed by atoms with Gasteiger partial charge < -0.3 is 39.6 Å². The first kappa shape index (κ1) is 41.1. The van der Waals surface area contributed by atoms with E-state index in [0.717, 1.165) is 82.9 Å². The molecule has 3 aromatic carbocycles. The van der Waals surface area contributed by atoms with Gasteiger partial charge in [0.05, 0.1) is 25.5 Å². The van der Waals surface area contributed by atoms with Crippen LogP contribution in [0.15, 0.2) is 60.7 Å². The Bertz CT molecular complexity index is 2400. The van der Waals surface area contributed by atoms with E-state index in [0.29, 0.717) is 30.9 Å². The van der Waals surface area contributed by atoms with Crippen LogP contribution in [-0.2, 0) is 27.2 Å². The second-order valence-electron chi connectivity index (χ2n) is 18.3. The number of H-pyrrole nitrogens is 1. The molecular formula is C51H57NO9. The summed E-state index contributed by atoms with van der Waals surface area (Å²) in [6.07, 6.45) is 10.8. The number of esters is 1. The van der Waals surface area contributed by atoms with Crippen LogP contribution >= 0.6 is 0 Å². The number of carbonyl (C=O) groups is 2. The number of phenolic OH excluding ortho intramolecular Hbond substituents is 2. The number of Topliss-reactive ketones (excluding diaryl/α,β-unsaturated/α-hetero) is 1. The summed E-state index contributed by atoms with van der Waals surface area (Å²) in [7, 11) is 1.56. The van der Waals surface area contributed by atoms with Crippen molar-refractivity contribution >= 4 is 28.2 Å². The zero-order valence-electron chi connectivity index (χ0n) is 35.0. The minimum atomic E-state index is -0.722. The summed E-state index contributed by atoms with van der Waals surface area (Å²) >= 11 is 0. The van der Waals surface area contributed by atoms with Gasteiger partial charge in [-0.2, -0.15) is 0 Å². The zero-order chi connectivity index (χ0) is 42.3. The van der Waals surface area contributed by atoms with E-state index in [1.165, 1.54) is 12.8 Å². The number of methoxy groups -OCH3 is 1. The number of aryl methyl sites for hydroxylation is 1. The van der Waals surface area contributed by atoms with Crippen molar-refractivity contribution in [2.24, 2.45) is 29.1 Å². The van der Waals surface area contributed by atoms with Gasteiger partial charge in [-0.05, 0) is 139 Å². The highest BCUT2D eigenvalue weighted by Gasteiger charge is 2.57. The molecule has 1 spiro atoms. The van der Waals surface area contributed by atoms with Gasteiger partial charge in [0.1, 0.15) is 24.9 Å². The summed E-state index contributed by atoms with van der Waals surface area (Å²) in [6, 6.07) is 17.0. The molecule has 61 heavy (non-hydrogen) atoms. The molecule has 3 saturated carbocycles. The maximum absolute atomic E-state index is 14.9. The van der Waals surface area contributed by atoms with Gasteiger partial charge in [-0.15, -0.1) is 0 Å². The number of nitrogens with one attached hydrogen (secondary N) is 1. The van der Waals surface area contributed by atoms with E-state index in [2.05, 4.69) is 35.0 Å². The second kappa shape index (κ2) is 17.3. The quantitative estimate of drug-likeness (QED) is 0.0913. The Morgan fingerprint density at radius 1 is 0.951 bits per heavy atom. The fourth-order valence-electron chi connectivity index (χ4n) is 12.3. The number of rotatable bonds is 7. The van der Waals surface area contributed by atoms with Crippen LogP contribution in [0.4, 0.5) is 0 Å². The normalized spacial score (nSPS) is 27.1. The lowest BCUT2D eigenvalue weighted by molar-refractivity contribution is -0.149. The third-order valence-electron chi connectivity index (χ3n) is 14.8. The topological polar surface area (TPSA) is 159 Å². The van der Waals surface area contributed by atoms with Gasteiger partial charge in [0.2, 0.25) is 0 Å². The van der Waals surface area contributed by atoms with Crippen molar-refractivity contribution in [1.29, 1.82) is 0 Å². The van der Waals surface area contributed by atoms with Gasteiger partial charge in [-0.25, -0.2) is 0 Å². The first-order valence-electron chi connectivity index (χ1n) is 22.3. The highest BCUT2D eigenvalue weighted by atomic mass is 16.5. The lowest BCUT2D eigenvalue weighted by atomic mass is 9.48.